The second kappa shape index (κ2) is 5.59. The minimum Gasteiger partial charge on any atom is -0.481 e. The quantitative estimate of drug-likeness (QED) is 0.931. The first-order valence-electron chi connectivity index (χ1n) is 5.60. The van der Waals surface area contributed by atoms with Crippen LogP contribution in [0.3, 0.4) is 0 Å². The van der Waals surface area contributed by atoms with E-state index in [-0.39, 0.29) is 6.42 Å². The second-order valence-electron chi connectivity index (χ2n) is 4.14. The summed E-state index contributed by atoms with van der Waals surface area (Å²) < 4.78 is 0. The smallest absolute Gasteiger partial charge is 0.307 e. The highest BCUT2D eigenvalue weighted by Gasteiger charge is 2.13. The highest BCUT2D eigenvalue weighted by Crippen LogP contribution is 2.32. The Kier molecular flexibility index (Phi) is 4.08. The molecule has 5 heteroatoms. The molecule has 0 spiro atoms. The fourth-order valence-corrected chi connectivity index (χ4v) is 2.26. The average Bonchev–Trinajstić information content (AvgIpc) is 2.35. The highest BCUT2D eigenvalue weighted by atomic mass is 35.5. The summed E-state index contributed by atoms with van der Waals surface area (Å²) in [4.78, 5) is 15.1. The van der Waals surface area contributed by atoms with Gasteiger partial charge in [0, 0.05) is 16.8 Å². The predicted octanol–water partition coefficient (Wildman–Crippen LogP) is 3.99. The minimum atomic E-state index is -0.877. The molecule has 0 atom stereocenters. The molecule has 98 valence electrons. The van der Waals surface area contributed by atoms with Gasteiger partial charge >= 0.3 is 5.97 Å². The van der Waals surface area contributed by atoms with Crippen molar-refractivity contribution in [3.63, 3.8) is 0 Å². The number of benzene rings is 1. The third-order valence-electron chi connectivity index (χ3n) is 2.84. The van der Waals surface area contributed by atoms with Gasteiger partial charge in [0.1, 0.15) is 0 Å². The largest absolute Gasteiger partial charge is 0.481 e. The molecule has 3 nitrogen and oxygen atoms in total. The Morgan fingerprint density at radius 1 is 1.32 bits per heavy atom. The zero-order valence-corrected chi connectivity index (χ0v) is 11.7. The van der Waals surface area contributed by atoms with Gasteiger partial charge in [0.15, 0.2) is 0 Å². The molecule has 19 heavy (non-hydrogen) atoms. The Hall–Kier alpha value is -1.58. The zero-order valence-electron chi connectivity index (χ0n) is 10.2. The molecule has 1 heterocycles. The van der Waals surface area contributed by atoms with Crippen molar-refractivity contribution in [2.45, 2.75) is 13.3 Å². The summed E-state index contributed by atoms with van der Waals surface area (Å²) in [7, 11) is 0. The second-order valence-corrected chi connectivity index (χ2v) is 4.98. The molecule has 0 radical (unpaired) electrons. The lowest BCUT2D eigenvalue weighted by Gasteiger charge is -2.11. The molecule has 1 aromatic heterocycles. The van der Waals surface area contributed by atoms with E-state index in [4.69, 9.17) is 28.3 Å². The van der Waals surface area contributed by atoms with Gasteiger partial charge < -0.3 is 5.11 Å². The maximum absolute atomic E-state index is 10.8. The number of carbonyl (C=O) groups is 1. The van der Waals surface area contributed by atoms with Crippen molar-refractivity contribution in [1.82, 2.24) is 4.98 Å². The normalized spacial score (nSPS) is 10.5. The Morgan fingerprint density at radius 3 is 2.74 bits per heavy atom. The molecule has 2 aromatic rings. The number of aliphatic carboxylic acids is 1. The van der Waals surface area contributed by atoms with Crippen molar-refractivity contribution in [2.24, 2.45) is 0 Å². The number of halogens is 2. The third-order valence-corrected chi connectivity index (χ3v) is 3.41. The molecule has 0 bridgehead atoms. The summed E-state index contributed by atoms with van der Waals surface area (Å²) in [5.41, 5.74) is 2.88. The van der Waals surface area contributed by atoms with Crippen LogP contribution in [0.4, 0.5) is 0 Å². The monoisotopic (exact) mass is 295 g/mol. The van der Waals surface area contributed by atoms with Crippen molar-refractivity contribution in [2.75, 3.05) is 0 Å². The molecule has 0 unspecified atom stereocenters. The van der Waals surface area contributed by atoms with Crippen molar-refractivity contribution in [1.29, 1.82) is 0 Å². The number of aromatic nitrogens is 1. The number of carboxylic acids is 1. The number of pyridine rings is 1. The SMILES string of the molecule is Cc1c(CC(=O)O)ccnc1-c1cc(Cl)ccc1Cl. The van der Waals surface area contributed by atoms with Gasteiger partial charge in [-0.2, -0.15) is 0 Å². The molecule has 0 saturated carbocycles. The van der Waals surface area contributed by atoms with Crippen molar-refractivity contribution in [3.05, 3.63) is 51.6 Å². The van der Waals surface area contributed by atoms with E-state index < -0.39 is 5.97 Å². The molecule has 0 amide bonds. The van der Waals surface area contributed by atoms with Gasteiger partial charge in [-0.25, -0.2) is 0 Å². The van der Waals surface area contributed by atoms with Crippen LogP contribution in [-0.4, -0.2) is 16.1 Å². The molecular weight excluding hydrogens is 285 g/mol. The number of hydrogen-bond donors (Lipinski definition) is 1. The van der Waals surface area contributed by atoms with Gasteiger partial charge in [0.2, 0.25) is 0 Å². The van der Waals surface area contributed by atoms with Gasteiger partial charge in [-0.15, -0.1) is 0 Å². The fourth-order valence-electron chi connectivity index (χ4n) is 1.88. The van der Waals surface area contributed by atoms with E-state index in [2.05, 4.69) is 4.98 Å². The highest BCUT2D eigenvalue weighted by molar-refractivity contribution is 6.35. The van der Waals surface area contributed by atoms with Crippen LogP contribution in [0.5, 0.6) is 0 Å². The van der Waals surface area contributed by atoms with Crippen molar-refractivity contribution in [3.8, 4) is 11.3 Å². The van der Waals surface area contributed by atoms with E-state index >= 15 is 0 Å². The average molecular weight is 296 g/mol. The van der Waals surface area contributed by atoms with Crippen LogP contribution < -0.4 is 0 Å². The summed E-state index contributed by atoms with van der Waals surface area (Å²) in [5.74, 6) is -0.877. The molecule has 0 aliphatic rings. The molecule has 1 aromatic carbocycles. The zero-order chi connectivity index (χ0) is 14.0. The number of carboxylic acid groups (broad SMARTS) is 1. The first kappa shape index (κ1) is 13.8. The van der Waals surface area contributed by atoms with Crippen LogP contribution in [0, 0.1) is 6.92 Å². The molecular formula is C14H11Cl2NO2. The third kappa shape index (κ3) is 3.06. The molecule has 0 aliphatic carbocycles. The van der Waals surface area contributed by atoms with E-state index in [1.165, 1.54) is 0 Å². The Balaban J connectivity index is 2.56. The lowest BCUT2D eigenvalue weighted by molar-refractivity contribution is -0.136. The fraction of sp³-hybridized carbons (Fsp3) is 0.143. The number of rotatable bonds is 3. The molecule has 2 rings (SSSR count). The van der Waals surface area contributed by atoms with Crippen LogP contribution in [0.25, 0.3) is 11.3 Å². The van der Waals surface area contributed by atoms with E-state index in [1.54, 1.807) is 30.5 Å². The Bertz CT molecular complexity index is 641. The van der Waals surface area contributed by atoms with Crippen LogP contribution in [0.15, 0.2) is 30.5 Å². The molecule has 0 saturated heterocycles. The topological polar surface area (TPSA) is 50.2 Å². The van der Waals surface area contributed by atoms with Gasteiger partial charge in [-0.1, -0.05) is 23.2 Å². The van der Waals surface area contributed by atoms with Gasteiger partial charge in [0.25, 0.3) is 0 Å². The van der Waals surface area contributed by atoms with Gasteiger partial charge in [-0.3, -0.25) is 9.78 Å². The molecule has 0 aliphatic heterocycles. The molecule has 0 fully saturated rings. The lowest BCUT2D eigenvalue weighted by atomic mass is 10.0. The minimum absolute atomic E-state index is 0.0421. The van der Waals surface area contributed by atoms with Gasteiger partial charge in [0.05, 0.1) is 17.1 Å². The summed E-state index contributed by atoms with van der Waals surface area (Å²) in [6.45, 7) is 1.83. The van der Waals surface area contributed by atoms with Crippen LogP contribution in [0.1, 0.15) is 11.1 Å². The van der Waals surface area contributed by atoms with E-state index in [1.807, 2.05) is 6.92 Å². The first-order chi connectivity index (χ1) is 8.99. The van der Waals surface area contributed by atoms with E-state index in [0.717, 1.165) is 5.56 Å². The Labute approximate surface area is 120 Å². The Morgan fingerprint density at radius 2 is 2.05 bits per heavy atom. The maximum atomic E-state index is 10.8. The molecule has 1 N–H and O–H groups in total. The number of hydrogen-bond acceptors (Lipinski definition) is 2. The first-order valence-corrected chi connectivity index (χ1v) is 6.36. The van der Waals surface area contributed by atoms with Crippen molar-refractivity contribution < 1.29 is 9.90 Å². The summed E-state index contributed by atoms with van der Waals surface area (Å²) in [6.07, 6.45) is 1.54. The number of nitrogens with zero attached hydrogens (tertiary/aromatic N) is 1. The predicted molar refractivity (Wildman–Crippen MR) is 75.8 cm³/mol. The maximum Gasteiger partial charge on any atom is 0.307 e. The van der Waals surface area contributed by atoms with Crippen LogP contribution in [0.2, 0.25) is 10.0 Å². The van der Waals surface area contributed by atoms with E-state index in [9.17, 15) is 4.79 Å². The van der Waals surface area contributed by atoms with E-state index in [0.29, 0.717) is 26.9 Å². The summed E-state index contributed by atoms with van der Waals surface area (Å²) >= 11 is 12.1. The standard InChI is InChI=1S/C14H11Cl2NO2/c1-8-9(6-13(18)19)4-5-17-14(8)11-7-10(15)2-3-12(11)16/h2-5,7H,6H2,1H3,(H,18,19). The van der Waals surface area contributed by atoms with Gasteiger partial charge in [-0.05, 0) is 42.3 Å². The van der Waals surface area contributed by atoms with Crippen molar-refractivity contribution >= 4 is 29.2 Å². The summed E-state index contributed by atoms with van der Waals surface area (Å²) in [6, 6.07) is 6.82. The lowest BCUT2D eigenvalue weighted by Crippen LogP contribution is -2.03. The summed E-state index contributed by atoms with van der Waals surface area (Å²) in [5, 5.41) is 9.98. The van der Waals surface area contributed by atoms with Crippen LogP contribution >= 0.6 is 23.2 Å². The van der Waals surface area contributed by atoms with Crippen LogP contribution in [-0.2, 0) is 11.2 Å².